The van der Waals surface area contributed by atoms with Crippen LogP contribution in [0.2, 0.25) is 0 Å². The Morgan fingerprint density at radius 2 is 1.42 bits per heavy atom. The lowest BCUT2D eigenvalue weighted by atomic mass is 10.3. The smallest absolute Gasteiger partial charge is 0.238 e. The van der Waals surface area contributed by atoms with Crippen molar-refractivity contribution in [3.05, 3.63) is 54.6 Å². The molecule has 0 aromatic heterocycles. The molecule has 0 fully saturated rings. The summed E-state index contributed by atoms with van der Waals surface area (Å²) < 4.78 is 0. The first-order chi connectivity index (χ1) is 12.4. The molecule has 136 valence electrons. The molecule has 2 amide bonds. The number of anilines is 1. The van der Waals surface area contributed by atoms with Crippen molar-refractivity contribution < 1.29 is 9.59 Å². The minimum Gasteiger partial charge on any atom is -0.348 e. The van der Waals surface area contributed by atoms with Crippen LogP contribution in [0.4, 0.5) is 17.1 Å². The summed E-state index contributed by atoms with van der Waals surface area (Å²) in [7, 11) is 5.11. The fourth-order valence-corrected chi connectivity index (χ4v) is 2.10. The Morgan fingerprint density at radius 3 is 2.00 bits per heavy atom. The number of nitrogens with one attached hydrogen (secondary N) is 1. The van der Waals surface area contributed by atoms with Gasteiger partial charge in [-0.25, -0.2) is 0 Å². The van der Waals surface area contributed by atoms with Gasteiger partial charge < -0.3 is 10.2 Å². The van der Waals surface area contributed by atoms with Gasteiger partial charge in [0.2, 0.25) is 11.8 Å². The largest absolute Gasteiger partial charge is 0.348 e. The SMILES string of the molecule is CN(CC(=O)Nc1ccc(N=Nc2ccccc2)cc1)CC(=O)N(C)C. The van der Waals surface area contributed by atoms with Gasteiger partial charge in [-0.15, -0.1) is 0 Å². The summed E-state index contributed by atoms with van der Waals surface area (Å²) in [5.41, 5.74) is 2.14. The van der Waals surface area contributed by atoms with E-state index in [-0.39, 0.29) is 24.9 Å². The van der Waals surface area contributed by atoms with Crippen LogP contribution in [0.1, 0.15) is 0 Å². The Kier molecular flexibility index (Phi) is 6.99. The number of carbonyl (C=O) groups excluding carboxylic acids is 2. The highest BCUT2D eigenvalue weighted by atomic mass is 16.2. The summed E-state index contributed by atoms with van der Waals surface area (Å²) in [4.78, 5) is 26.8. The third-order valence-electron chi connectivity index (χ3n) is 3.51. The predicted octanol–water partition coefficient (Wildman–Crippen LogP) is 3.06. The summed E-state index contributed by atoms with van der Waals surface area (Å²) in [6.07, 6.45) is 0. The molecule has 7 heteroatoms. The third kappa shape index (κ3) is 6.45. The van der Waals surface area contributed by atoms with Crippen LogP contribution in [-0.4, -0.2) is 55.8 Å². The lowest BCUT2D eigenvalue weighted by molar-refractivity contribution is -0.130. The van der Waals surface area contributed by atoms with Gasteiger partial charge >= 0.3 is 0 Å². The average molecular weight is 353 g/mol. The highest BCUT2D eigenvalue weighted by molar-refractivity contribution is 5.92. The van der Waals surface area contributed by atoms with E-state index in [1.165, 1.54) is 4.90 Å². The molecule has 2 rings (SSSR count). The molecule has 0 unspecified atom stereocenters. The molecule has 0 atom stereocenters. The number of carbonyl (C=O) groups is 2. The molecular formula is C19H23N5O2. The van der Waals surface area contributed by atoms with Crippen molar-refractivity contribution in [2.24, 2.45) is 10.2 Å². The molecule has 0 saturated heterocycles. The molecule has 2 aromatic rings. The number of amides is 2. The van der Waals surface area contributed by atoms with E-state index in [1.807, 2.05) is 30.3 Å². The monoisotopic (exact) mass is 353 g/mol. The molecule has 0 aliphatic heterocycles. The molecule has 0 radical (unpaired) electrons. The summed E-state index contributed by atoms with van der Waals surface area (Å²) in [5, 5.41) is 11.1. The molecule has 1 N–H and O–H groups in total. The fourth-order valence-electron chi connectivity index (χ4n) is 2.10. The van der Waals surface area contributed by atoms with E-state index in [4.69, 9.17) is 0 Å². The third-order valence-corrected chi connectivity index (χ3v) is 3.51. The Morgan fingerprint density at radius 1 is 0.846 bits per heavy atom. The second-order valence-electron chi connectivity index (χ2n) is 6.09. The molecule has 0 heterocycles. The number of azo groups is 1. The van der Waals surface area contributed by atoms with Gasteiger partial charge in [-0.05, 0) is 43.4 Å². The second kappa shape index (κ2) is 9.43. The Hall–Kier alpha value is -3.06. The van der Waals surface area contributed by atoms with Crippen LogP contribution >= 0.6 is 0 Å². The van der Waals surface area contributed by atoms with Gasteiger partial charge in [0.1, 0.15) is 0 Å². The maximum atomic E-state index is 12.1. The number of hydrogen-bond donors (Lipinski definition) is 1. The van der Waals surface area contributed by atoms with E-state index in [0.29, 0.717) is 11.4 Å². The Balaban J connectivity index is 1.85. The normalized spacial score (nSPS) is 10.9. The highest BCUT2D eigenvalue weighted by Gasteiger charge is 2.12. The molecule has 26 heavy (non-hydrogen) atoms. The van der Waals surface area contributed by atoms with Crippen LogP contribution in [0.15, 0.2) is 64.8 Å². The predicted molar refractivity (Wildman–Crippen MR) is 102 cm³/mol. The van der Waals surface area contributed by atoms with Gasteiger partial charge in [0, 0.05) is 19.8 Å². The van der Waals surface area contributed by atoms with Crippen LogP contribution in [0.5, 0.6) is 0 Å². The molecule has 0 bridgehead atoms. The van der Waals surface area contributed by atoms with Crippen LogP contribution in [0, 0.1) is 0 Å². The highest BCUT2D eigenvalue weighted by Crippen LogP contribution is 2.19. The van der Waals surface area contributed by atoms with E-state index in [0.717, 1.165) is 5.69 Å². The van der Waals surface area contributed by atoms with Crippen LogP contribution < -0.4 is 5.32 Å². The number of hydrogen-bond acceptors (Lipinski definition) is 5. The Labute approximate surface area is 153 Å². The van der Waals surface area contributed by atoms with Gasteiger partial charge in [0.15, 0.2) is 0 Å². The van der Waals surface area contributed by atoms with E-state index < -0.39 is 0 Å². The summed E-state index contributed by atoms with van der Waals surface area (Å²) in [5.74, 6) is -0.230. The van der Waals surface area contributed by atoms with Crippen LogP contribution in [0.25, 0.3) is 0 Å². The van der Waals surface area contributed by atoms with Crippen LogP contribution in [0.3, 0.4) is 0 Å². The maximum Gasteiger partial charge on any atom is 0.238 e. The molecule has 0 aliphatic carbocycles. The summed E-state index contributed by atoms with van der Waals surface area (Å²) in [6, 6.07) is 16.6. The van der Waals surface area contributed by atoms with Crippen molar-refractivity contribution in [3.63, 3.8) is 0 Å². The van der Waals surface area contributed by atoms with E-state index in [1.54, 1.807) is 50.3 Å². The number of likely N-dealkylation sites (N-methyl/N-ethyl adjacent to an activating group) is 2. The van der Waals surface area contributed by atoms with Gasteiger partial charge in [-0.3, -0.25) is 14.5 Å². The van der Waals surface area contributed by atoms with Gasteiger partial charge in [-0.2, -0.15) is 10.2 Å². The molecule has 0 spiro atoms. The van der Waals surface area contributed by atoms with Gasteiger partial charge in [0.25, 0.3) is 0 Å². The summed E-state index contributed by atoms with van der Waals surface area (Å²) in [6.45, 7) is 0.328. The zero-order chi connectivity index (χ0) is 18.9. The average Bonchev–Trinajstić information content (AvgIpc) is 2.61. The first-order valence-electron chi connectivity index (χ1n) is 8.19. The first kappa shape index (κ1) is 19.3. The molecule has 7 nitrogen and oxygen atoms in total. The minimum atomic E-state index is -0.183. The van der Waals surface area contributed by atoms with Crippen molar-refractivity contribution in [1.29, 1.82) is 0 Å². The zero-order valence-corrected chi connectivity index (χ0v) is 15.2. The fraction of sp³-hybridized carbons (Fsp3) is 0.263. The van der Waals surface area contributed by atoms with Gasteiger partial charge in [-0.1, -0.05) is 18.2 Å². The standard InChI is InChI=1S/C19H23N5O2/c1-23(2)19(26)14-24(3)13-18(25)20-15-9-11-17(12-10-15)22-21-16-7-5-4-6-8-16/h4-12H,13-14H2,1-3H3,(H,20,25). The minimum absolute atomic E-state index is 0.0477. The molecule has 2 aromatic carbocycles. The first-order valence-corrected chi connectivity index (χ1v) is 8.19. The lowest BCUT2D eigenvalue weighted by Gasteiger charge is -2.18. The number of benzene rings is 2. The second-order valence-corrected chi connectivity index (χ2v) is 6.09. The van der Waals surface area contributed by atoms with Crippen LogP contribution in [-0.2, 0) is 9.59 Å². The van der Waals surface area contributed by atoms with Crippen molar-refractivity contribution in [2.75, 3.05) is 39.5 Å². The summed E-state index contributed by atoms with van der Waals surface area (Å²) >= 11 is 0. The van der Waals surface area contributed by atoms with Crippen molar-refractivity contribution >= 4 is 28.9 Å². The van der Waals surface area contributed by atoms with Gasteiger partial charge in [0.05, 0.1) is 24.5 Å². The van der Waals surface area contributed by atoms with E-state index in [9.17, 15) is 9.59 Å². The quantitative estimate of drug-likeness (QED) is 0.777. The van der Waals surface area contributed by atoms with Crippen molar-refractivity contribution in [2.45, 2.75) is 0 Å². The topological polar surface area (TPSA) is 77.4 Å². The number of rotatable bonds is 7. The molecule has 0 aliphatic rings. The Bertz CT molecular complexity index is 757. The lowest BCUT2D eigenvalue weighted by Crippen LogP contribution is -2.38. The van der Waals surface area contributed by atoms with E-state index >= 15 is 0 Å². The molecule has 0 saturated carbocycles. The van der Waals surface area contributed by atoms with E-state index in [2.05, 4.69) is 15.5 Å². The maximum absolute atomic E-state index is 12.1. The number of nitrogens with zero attached hydrogens (tertiary/aromatic N) is 4. The zero-order valence-electron chi connectivity index (χ0n) is 15.2. The molecular weight excluding hydrogens is 330 g/mol. The van der Waals surface area contributed by atoms with Crippen molar-refractivity contribution in [1.82, 2.24) is 9.80 Å². The van der Waals surface area contributed by atoms with Crippen molar-refractivity contribution in [3.8, 4) is 0 Å².